The van der Waals surface area contributed by atoms with Gasteiger partial charge in [-0.2, -0.15) is 0 Å². The molecular weight excluding hydrogens is 328 g/mol. The molecule has 1 fully saturated rings. The largest absolute Gasteiger partial charge is 0.491 e. The van der Waals surface area contributed by atoms with Crippen molar-refractivity contribution in [3.05, 3.63) is 36.0 Å². The van der Waals surface area contributed by atoms with Crippen LogP contribution in [0.15, 0.2) is 30.3 Å². The van der Waals surface area contributed by atoms with E-state index in [1.54, 1.807) is 4.90 Å². The average Bonchev–Trinajstić information content (AvgIpc) is 2.58. The van der Waals surface area contributed by atoms with Gasteiger partial charge in [-0.3, -0.25) is 0 Å². The molecular formula is C21H28N2O3. The van der Waals surface area contributed by atoms with E-state index >= 15 is 0 Å². The third-order valence-corrected chi connectivity index (χ3v) is 4.47. The second-order valence-corrected chi connectivity index (χ2v) is 8.03. The first-order chi connectivity index (χ1) is 12.3. The number of aryl methyl sites for hydroxylation is 1. The highest BCUT2D eigenvalue weighted by Crippen LogP contribution is 2.26. The molecule has 2 heterocycles. The quantitative estimate of drug-likeness (QED) is 0.808. The number of rotatable bonds is 3. The monoisotopic (exact) mass is 356 g/mol. The minimum atomic E-state index is -0.465. The number of likely N-dealkylation sites (tertiary alicyclic amines) is 1. The summed E-state index contributed by atoms with van der Waals surface area (Å²) in [7, 11) is 0. The second-order valence-electron chi connectivity index (χ2n) is 8.03. The van der Waals surface area contributed by atoms with E-state index in [1.165, 1.54) is 0 Å². The molecule has 0 bridgehead atoms. The number of carbonyl (C=O) groups excluding carboxylic acids is 1. The Morgan fingerprint density at radius 3 is 2.85 bits per heavy atom. The number of hydrogen-bond donors (Lipinski definition) is 0. The van der Waals surface area contributed by atoms with Gasteiger partial charge in [0.1, 0.15) is 16.9 Å². The Balaban J connectivity index is 1.63. The van der Waals surface area contributed by atoms with E-state index in [2.05, 4.69) is 11.1 Å². The number of ether oxygens (including phenoxy) is 2. The van der Waals surface area contributed by atoms with Crippen LogP contribution >= 0.6 is 0 Å². The van der Waals surface area contributed by atoms with Crippen LogP contribution < -0.4 is 4.74 Å². The molecule has 1 aliphatic heterocycles. The Kier molecular flexibility index (Phi) is 5.35. The highest BCUT2D eigenvalue weighted by molar-refractivity contribution is 5.84. The van der Waals surface area contributed by atoms with Gasteiger partial charge < -0.3 is 14.4 Å². The molecule has 0 aliphatic carbocycles. The maximum Gasteiger partial charge on any atom is 0.410 e. The van der Waals surface area contributed by atoms with Gasteiger partial charge in [0, 0.05) is 30.1 Å². The maximum atomic E-state index is 12.3. The molecule has 1 unspecified atom stereocenters. The van der Waals surface area contributed by atoms with E-state index in [9.17, 15) is 4.79 Å². The third kappa shape index (κ3) is 4.65. The first-order valence-corrected chi connectivity index (χ1v) is 9.29. The molecule has 5 heteroatoms. The van der Waals surface area contributed by atoms with Crippen molar-refractivity contribution in [1.29, 1.82) is 0 Å². The Bertz CT molecular complexity index is 782. The second kappa shape index (κ2) is 7.52. The molecule has 1 atom stereocenters. The van der Waals surface area contributed by atoms with E-state index < -0.39 is 5.60 Å². The molecule has 3 rings (SSSR count). The molecule has 0 spiro atoms. The number of piperidine rings is 1. The van der Waals surface area contributed by atoms with Gasteiger partial charge in [-0.25, -0.2) is 9.78 Å². The number of amides is 1. The lowest BCUT2D eigenvalue weighted by molar-refractivity contribution is 0.0139. The first-order valence-electron chi connectivity index (χ1n) is 9.29. The van der Waals surface area contributed by atoms with Crippen LogP contribution in [0.3, 0.4) is 0 Å². The average molecular weight is 356 g/mol. The minimum Gasteiger partial charge on any atom is -0.491 e. The number of pyridine rings is 1. The molecule has 26 heavy (non-hydrogen) atoms. The Morgan fingerprint density at radius 2 is 2.08 bits per heavy atom. The fraction of sp³-hybridized carbons (Fsp3) is 0.524. The number of nitrogens with zero attached hydrogens (tertiary/aromatic N) is 2. The molecule has 0 N–H and O–H groups in total. The Labute approximate surface area is 155 Å². The predicted molar refractivity (Wildman–Crippen MR) is 103 cm³/mol. The van der Waals surface area contributed by atoms with Gasteiger partial charge in [0.05, 0.1) is 6.61 Å². The van der Waals surface area contributed by atoms with Crippen molar-refractivity contribution >= 4 is 17.0 Å². The van der Waals surface area contributed by atoms with E-state index in [0.717, 1.165) is 41.7 Å². The molecule has 1 amide bonds. The van der Waals surface area contributed by atoms with Gasteiger partial charge in [-0.05, 0) is 52.7 Å². The van der Waals surface area contributed by atoms with Crippen molar-refractivity contribution in [2.24, 2.45) is 5.92 Å². The van der Waals surface area contributed by atoms with Gasteiger partial charge in [-0.15, -0.1) is 0 Å². The number of carbonyl (C=O) groups is 1. The van der Waals surface area contributed by atoms with E-state index in [0.29, 0.717) is 19.1 Å². The van der Waals surface area contributed by atoms with Crippen molar-refractivity contribution in [2.45, 2.75) is 46.1 Å². The van der Waals surface area contributed by atoms with Crippen molar-refractivity contribution in [3.63, 3.8) is 0 Å². The summed E-state index contributed by atoms with van der Waals surface area (Å²) >= 11 is 0. The van der Waals surface area contributed by atoms with Gasteiger partial charge in [0.15, 0.2) is 0 Å². The zero-order valence-electron chi connectivity index (χ0n) is 16.1. The molecule has 1 aromatic heterocycles. The number of para-hydroxylation sites is 1. The summed E-state index contributed by atoms with van der Waals surface area (Å²) in [6, 6.07) is 10.1. The molecule has 2 aromatic rings. The van der Waals surface area contributed by atoms with Gasteiger partial charge >= 0.3 is 6.09 Å². The van der Waals surface area contributed by atoms with Crippen LogP contribution in [0, 0.1) is 12.8 Å². The summed E-state index contributed by atoms with van der Waals surface area (Å²) in [6.45, 7) is 9.66. The van der Waals surface area contributed by atoms with Crippen molar-refractivity contribution in [3.8, 4) is 5.75 Å². The number of aromatic nitrogens is 1. The molecule has 1 aromatic carbocycles. The number of fused-ring (bicyclic) bond motifs is 1. The van der Waals surface area contributed by atoms with Gasteiger partial charge in [0.25, 0.3) is 0 Å². The first kappa shape index (κ1) is 18.5. The van der Waals surface area contributed by atoms with Crippen LogP contribution in [0.1, 0.15) is 39.3 Å². The fourth-order valence-corrected chi connectivity index (χ4v) is 3.23. The van der Waals surface area contributed by atoms with Crippen LogP contribution in [-0.4, -0.2) is 41.3 Å². The van der Waals surface area contributed by atoms with Gasteiger partial charge in [0.2, 0.25) is 0 Å². The minimum absolute atomic E-state index is 0.232. The lowest BCUT2D eigenvalue weighted by Crippen LogP contribution is -2.44. The summed E-state index contributed by atoms with van der Waals surface area (Å²) in [5.74, 6) is 1.11. The highest BCUT2D eigenvalue weighted by Gasteiger charge is 2.28. The molecule has 0 radical (unpaired) electrons. The van der Waals surface area contributed by atoms with E-state index in [1.807, 2.05) is 52.0 Å². The maximum absolute atomic E-state index is 12.3. The zero-order valence-corrected chi connectivity index (χ0v) is 16.1. The Morgan fingerprint density at radius 1 is 1.27 bits per heavy atom. The smallest absolute Gasteiger partial charge is 0.410 e. The standard InChI is InChI=1S/C21H28N2O3/c1-15-10-11-17-8-5-9-18(19(17)22-15)25-14-16-7-6-12-23(13-16)20(24)26-21(2,3)4/h5,8-11,16H,6-7,12-14H2,1-4H3. The summed E-state index contributed by atoms with van der Waals surface area (Å²) in [4.78, 5) is 18.7. The van der Waals surface area contributed by atoms with Crippen molar-refractivity contribution in [1.82, 2.24) is 9.88 Å². The van der Waals surface area contributed by atoms with Crippen LogP contribution in [0.5, 0.6) is 5.75 Å². The highest BCUT2D eigenvalue weighted by atomic mass is 16.6. The van der Waals surface area contributed by atoms with E-state index in [4.69, 9.17) is 9.47 Å². The lowest BCUT2D eigenvalue weighted by atomic mass is 9.99. The molecule has 140 valence electrons. The molecule has 1 aliphatic rings. The molecule has 1 saturated heterocycles. The molecule has 5 nitrogen and oxygen atoms in total. The normalized spacial score (nSPS) is 18.0. The SMILES string of the molecule is Cc1ccc2cccc(OCC3CCCN(C(=O)OC(C)(C)C)C3)c2n1. The lowest BCUT2D eigenvalue weighted by Gasteiger charge is -2.34. The van der Waals surface area contributed by atoms with Crippen LogP contribution in [0.4, 0.5) is 4.79 Å². The summed E-state index contributed by atoms with van der Waals surface area (Å²) in [5.41, 5.74) is 1.40. The molecule has 0 saturated carbocycles. The fourth-order valence-electron chi connectivity index (χ4n) is 3.23. The third-order valence-electron chi connectivity index (χ3n) is 4.47. The summed E-state index contributed by atoms with van der Waals surface area (Å²) < 4.78 is 11.6. The number of hydrogen-bond acceptors (Lipinski definition) is 4. The van der Waals surface area contributed by atoms with Crippen LogP contribution in [-0.2, 0) is 4.74 Å². The topological polar surface area (TPSA) is 51.7 Å². The van der Waals surface area contributed by atoms with Crippen LogP contribution in [0.25, 0.3) is 10.9 Å². The summed E-state index contributed by atoms with van der Waals surface area (Å²) in [6.07, 6.45) is 1.79. The van der Waals surface area contributed by atoms with Crippen LogP contribution in [0.2, 0.25) is 0 Å². The number of benzene rings is 1. The van der Waals surface area contributed by atoms with Crippen molar-refractivity contribution in [2.75, 3.05) is 19.7 Å². The zero-order chi connectivity index (χ0) is 18.7. The van der Waals surface area contributed by atoms with Crippen molar-refractivity contribution < 1.29 is 14.3 Å². The predicted octanol–water partition coefficient (Wildman–Crippen LogP) is 4.57. The van der Waals surface area contributed by atoms with E-state index in [-0.39, 0.29) is 6.09 Å². The summed E-state index contributed by atoms with van der Waals surface area (Å²) in [5, 5.41) is 1.08. The Hall–Kier alpha value is -2.30. The van der Waals surface area contributed by atoms with Gasteiger partial charge in [-0.1, -0.05) is 18.2 Å².